The Labute approximate surface area is 70.1 Å². The van der Waals surface area contributed by atoms with E-state index in [9.17, 15) is 0 Å². The summed E-state index contributed by atoms with van der Waals surface area (Å²) in [5.74, 6) is 0. The van der Waals surface area contributed by atoms with Crippen LogP contribution in [-0.2, 0) is 4.74 Å². The molecule has 0 aromatic carbocycles. The molecule has 0 spiro atoms. The fourth-order valence-corrected chi connectivity index (χ4v) is 0.759. The Bertz CT molecular complexity index is 91.6. The van der Waals surface area contributed by atoms with Crippen LogP contribution in [0.2, 0.25) is 0 Å². The van der Waals surface area contributed by atoms with E-state index in [-0.39, 0.29) is 0 Å². The van der Waals surface area contributed by atoms with Gasteiger partial charge in [0.05, 0.1) is 0 Å². The summed E-state index contributed by atoms with van der Waals surface area (Å²) in [6.45, 7) is 6.95. The predicted molar refractivity (Wildman–Crippen MR) is 48.4 cm³/mol. The van der Waals surface area contributed by atoms with Gasteiger partial charge in [-0.15, -0.1) is 0 Å². The van der Waals surface area contributed by atoms with Crippen LogP contribution in [0.5, 0.6) is 0 Å². The van der Waals surface area contributed by atoms with Crippen molar-refractivity contribution in [2.45, 2.75) is 52.2 Å². The summed E-state index contributed by atoms with van der Waals surface area (Å²) in [6.07, 6.45) is 4.47. The number of unbranched alkanes of at least 4 members (excludes halogenated alkanes) is 2. The van der Waals surface area contributed by atoms with E-state index in [4.69, 9.17) is 10.5 Å². The third-order valence-corrected chi connectivity index (χ3v) is 1.88. The van der Waals surface area contributed by atoms with Crippen molar-refractivity contribution >= 4 is 0 Å². The molecule has 0 aliphatic heterocycles. The van der Waals surface area contributed by atoms with Crippen molar-refractivity contribution in [3.05, 3.63) is 0 Å². The Morgan fingerprint density at radius 1 is 1.27 bits per heavy atom. The molecule has 0 aliphatic rings. The van der Waals surface area contributed by atoms with Crippen LogP contribution >= 0.6 is 0 Å². The number of hydrogen-bond acceptors (Lipinski definition) is 2. The molecule has 0 aromatic rings. The molecule has 0 rings (SSSR count). The van der Waals surface area contributed by atoms with E-state index in [1.807, 2.05) is 13.8 Å². The molecule has 11 heavy (non-hydrogen) atoms. The highest BCUT2D eigenvalue weighted by atomic mass is 16.5. The lowest BCUT2D eigenvalue weighted by Crippen LogP contribution is -2.38. The van der Waals surface area contributed by atoms with Crippen LogP contribution in [0.15, 0.2) is 0 Å². The Hall–Kier alpha value is -0.0800. The molecule has 0 aliphatic carbocycles. The molecular weight excluding hydrogens is 138 g/mol. The highest BCUT2D eigenvalue weighted by molar-refractivity contribution is 4.62. The van der Waals surface area contributed by atoms with Gasteiger partial charge in [-0.3, -0.25) is 0 Å². The topological polar surface area (TPSA) is 35.2 Å². The highest BCUT2D eigenvalue weighted by Gasteiger charge is 2.14. The third kappa shape index (κ3) is 6.32. The molecule has 0 saturated carbocycles. The molecule has 2 nitrogen and oxygen atoms in total. The number of rotatable bonds is 6. The van der Waals surface area contributed by atoms with Gasteiger partial charge in [0, 0.05) is 6.61 Å². The summed E-state index contributed by atoms with van der Waals surface area (Å²) in [6, 6.07) is 0. The van der Waals surface area contributed by atoms with Crippen LogP contribution in [0.1, 0.15) is 46.5 Å². The first-order valence-electron chi connectivity index (χ1n) is 4.55. The quantitative estimate of drug-likeness (QED) is 0.476. The fraction of sp³-hybridized carbons (Fsp3) is 1.00. The smallest absolute Gasteiger partial charge is 0.113 e. The Morgan fingerprint density at radius 3 is 2.36 bits per heavy atom. The molecule has 0 fully saturated rings. The Kier molecular flexibility index (Phi) is 5.51. The summed E-state index contributed by atoms with van der Waals surface area (Å²) in [4.78, 5) is 0. The van der Waals surface area contributed by atoms with Crippen molar-refractivity contribution in [3.63, 3.8) is 0 Å². The van der Waals surface area contributed by atoms with E-state index in [0.717, 1.165) is 19.4 Å². The maximum Gasteiger partial charge on any atom is 0.113 e. The van der Waals surface area contributed by atoms with Crippen LogP contribution in [0.3, 0.4) is 0 Å². The lowest BCUT2D eigenvalue weighted by Gasteiger charge is -2.23. The minimum Gasteiger partial charge on any atom is -0.361 e. The molecule has 68 valence electrons. The van der Waals surface area contributed by atoms with Crippen LogP contribution in [0.4, 0.5) is 0 Å². The highest BCUT2D eigenvalue weighted by Crippen LogP contribution is 2.07. The predicted octanol–water partition coefficient (Wildman–Crippen LogP) is 2.28. The zero-order chi connectivity index (χ0) is 8.74. The standard InChI is InChI=1S/C9H21NO/c1-4-6-7-8-11-9(3,10)5-2/h4-8,10H2,1-3H3. The molecule has 0 amide bonds. The van der Waals surface area contributed by atoms with Gasteiger partial charge in [0.2, 0.25) is 0 Å². The van der Waals surface area contributed by atoms with Gasteiger partial charge in [0.25, 0.3) is 0 Å². The largest absolute Gasteiger partial charge is 0.361 e. The van der Waals surface area contributed by atoms with Gasteiger partial charge < -0.3 is 10.5 Å². The van der Waals surface area contributed by atoms with Gasteiger partial charge in [0.15, 0.2) is 0 Å². The summed E-state index contributed by atoms with van der Waals surface area (Å²) >= 11 is 0. The molecule has 1 unspecified atom stereocenters. The van der Waals surface area contributed by atoms with Crippen molar-refractivity contribution in [2.24, 2.45) is 5.73 Å². The van der Waals surface area contributed by atoms with E-state index in [2.05, 4.69) is 6.92 Å². The molecule has 0 saturated heterocycles. The van der Waals surface area contributed by atoms with E-state index >= 15 is 0 Å². The zero-order valence-electron chi connectivity index (χ0n) is 8.02. The molecule has 0 aromatic heterocycles. The minimum absolute atomic E-state index is 0.409. The minimum atomic E-state index is -0.409. The molecule has 0 bridgehead atoms. The van der Waals surface area contributed by atoms with E-state index < -0.39 is 5.72 Å². The zero-order valence-corrected chi connectivity index (χ0v) is 8.02. The number of hydrogen-bond donors (Lipinski definition) is 1. The van der Waals surface area contributed by atoms with E-state index in [1.54, 1.807) is 0 Å². The van der Waals surface area contributed by atoms with Crippen LogP contribution in [0.25, 0.3) is 0 Å². The van der Waals surface area contributed by atoms with Crippen molar-refractivity contribution < 1.29 is 4.74 Å². The molecule has 2 N–H and O–H groups in total. The van der Waals surface area contributed by atoms with E-state index in [0.29, 0.717) is 0 Å². The fourth-order valence-electron chi connectivity index (χ4n) is 0.759. The van der Waals surface area contributed by atoms with Crippen LogP contribution < -0.4 is 5.73 Å². The van der Waals surface area contributed by atoms with Crippen molar-refractivity contribution in [3.8, 4) is 0 Å². The SMILES string of the molecule is CCCCCOC(C)(N)CC. The first-order chi connectivity index (χ1) is 5.12. The summed E-state index contributed by atoms with van der Waals surface area (Å²) in [5.41, 5.74) is 5.37. The summed E-state index contributed by atoms with van der Waals surface area (Å²) in [5, 5.41) is 0. The Morgan fingerprint density at radius 2 is 1.91 bits per heavy atom. The first kappa shape index (κ1) is 10.9. The third-order valence-electron chi connectivity index (χ3n) is 1.88. The van der Waals surface area contributed by atoms with Crippen LogP contribution in [0, 0.1) is 0 Å². The average molecular weight is 159 g/mol. The van der Waals surface area contributed by atoms with Gasteiger partial charge in [-0.1, -0.05) is 26.7 Å². The van der Waals surface area contributed by atoms with Crippen molar-refractivity contribution in [1.29, 1.82) is 0 Å². The van der Waals surface area contributed by atoms with Crippen molar-refractivity contribution in [2.75, 3.05) is 6.61 Å². The molecule has 0 radical (unpaired) electrons. The van der Waals surface area contributed by atoms with Gasteiger partial charge in [-0.05, 0) is 19.8 Å². The lowest BCUT2D eigenvalue weighted by atomic mass is 10.2. The van der Waals surface area contributed by atoms with Crippen molar-refractivity contribution in [1.82, 2.24) is 0 Å². The lowest BCUT2D eigenvalue weighted by molar-refractivity contribution is -0.0311. The first-order valence-corrected chi connectivity index (χ1v) is 4.55. The normalized spacial score (nSPS) is 16.4. The summed E-state index contributed by atoms with van der Waals surface area (Å²) < 4.78 is 5.46. The van der Waals surface area contributed by atoms with E-state index in [1.165, 1.54) is 12.8 Å². The van der Waals surface area contributed by atoms with Gasteiger partial charge >= 0.3 is 0 Å². The summed E-state index contributed by atoms with van der Waals surface area (Å²) in [7, 11) is 0. The number of nitrogens with two attached hydrogens (primary N) is 1. The maximum atomic E-state index is 5.78. The molecular formula is C9H21NO. The molecule has 0 heterocycles. The second-order valence-corrected chi connectivity index (χ2v) is 3.22. The number of ether oxygens (including phenoxy) is 1. The second kappa shape index (κ2) is 5.56. The van der Waals surface area contributed by atoms with Gasteiger partial charge in [0.1, 0.15) is 5.72 Å². The second-order valence-electron chi connectivity index (χ2n) is 3.22. The molecule has 2 heteroatoms. The Balaban J connectivity index is 3.23. The van der Waals surface area contributed by atoms with Crippen LogP contribution in [-0.4, -0.2) is 12.3 Å². The average Bonchev–Trinajstić information content (AvgIpc) is 1.99. The molecule has 1 atom stereocenters. The van der Waals surface area contributed by atoms with Gasteiger partial charge in [-0.2, -0.15) is 0 Å². The maximum absolute atomic E-state index is 5.78. The monoisotopic (exact) mass is 159 g/mol. The van der Waals surface area contributed by atoms with Gasteiger partial charge in [-0.25, -0.2) is 0 Å².